The first-order valence-electron chi connectivity index (χ1n) is 11.8. The van der Waals surface area contributed by atoms with Gasteiger partial charge in [0.2, 0.25) is 11.9 Å². The summed E-state index contributed by atoms with van der Waals surface area (Å²) in [6.45, 7) is 5.07. The van der Waals surface area contributed by atoms with E-state index in [-0.39, 0.29) is 18.1 Å². The molecule has 1 aromatic carbocycles. The molecule has 0 bridgehead atoms. The van der Waals surface area contributed by atoms with Crippen LogP contribution >= 0.6 is 0 Å². The number of ether oxygens (including phenoxy) is 1. The van der Waals surface area contributed by atoms with Crippen molar-refractivity contribution in [2.24, 2.45) is 0 Å². The van der Waals surface area contributed by atoms with E-state index in [1.54, 1.807) is 6.07 Å². The number of anilines is 3. The topological polar surface area (TPSA) is 95.4 Å². The van der Waals surface area contributed by atoms with Gasteiger partial charge in [-0.15, -0.1) is 0 Å². The highest BCUT2D eigenvalue weighted by Crippen LogP contribution is 2.25. The number of rotatable bonds is 8. The lowest BCUT2D eigenvalue weighted by Crippen LogP contribution is -2.35. The van der Waals surface area contributed by atoms with Crippen LogP contribution in [0, 0.1) is 5.82 Å². The Kier molecular flexibility index (Phi) is 7.57. The minimum Gasteiger partial charge on any atom is -0.505 e. The van der Waals surface area contributed by atoms with Crippen LogP contribution in [-0.2, 0) is 0 Å². The summed E-state index contributed by atoms with van der Waals surface area (Å²) >= 11 is 0. The van der Waals surface area contributed by atoms with Crippen LogP contribution in [0.5, 0.6) is 11.8 Å². The van der Waals surface area contributed by atoms with Crippen molar-refractivity contribution in [2.45, 2.75) is 70.4 Å². The molecule has 2 fully saturated rings. The molecule has 32 heavy (non-hydrogen) atoms. The highest BCUT2D eigenvalue weighted by atomic mass is 19.1. The largest absolute Gasteiger partial charge is 0.505 e. The van der Waals surface area contributed by atoms with Crippen molar-refractivity contribution in [2.75, 3.05) is 30.3 Å². The quantitative estimate of drug-likeness (QED) is 0.406. The zero-order valence-electron chi connectivity index (χ0n) is 18.7. The molecule has 1 aliphatic heterocycles. The molecule has 0 amide bonds. The van der Waals surface area contributed by atoms with Crippen molar-refractivity contribution in [1.82, 2.24) is 19.9 Å². The van der Waals surface area contributed by atoms with Crippen LogP contribution in [0.2, 0.25) is 0 Å². The predicted octanol–water partition coefficient (Wildman–Crippen LogP) is 4.46. The van der Waals surface area contributed by atoms with E-state index in [1.165, 1.54) is 31.4 Å². The molecule has 4 rings (SSSR count). The van der Waals surface area contributed by atoms with E-state index >= 15 is 0 Å². The second-order valence-electron chi connectivity index (χ2n) is 8.59. The second-order valence-corrected chi connectivity index (χ2v) is 8.59. The highest BCUT2D eigenvalue weighted by Gasteiger charge is 2.23. The number of likely N-dealkylation sites (tertiary alicyclic amines) is 1. The molecule has 174 valence electrons. The van der Waals surface area contributed by atoms with Crippen molar-refractivity contribution >= 4 is 17.6 Å². The summed E-state index contributed by atoms with van der Waals surface area (Å²) in [5, 5.41) is 15.8. The zero-order valence-corrected chi connectivity index (χ0v) is 18.7. The fourth-order valence-corrected chi connectivity index (χ4v) is 4.52. The van der Waals surface area contributed by atoms with Gasteiger partial charge in [-0.05, 0) is 63.7 Å². The molecule has 1 aliphatic carbocycles. The molecular weight excluding hydrogens is 411 g/mol. The van der Waals surface area contributed by atoms with Crippen LogP contribution in [0.3, 0.4) is 0 Å². The fraction of sp³-hybridized carbons (Fsp3) is 0.609. The molecule has 1 atom stereocenters. The summed E-state index contributed by atoms with van der Waals surface area (Å²) in [5.74, 6) is -0.399. The molecule has 2 heterocycles. The molecule has 1 unspecified atom stereocenters. The van der Waals surface area contributed by atoms with Gasteiger partial charge in [0.1, 0.15) is 6.10 Å². The van der Waals surface area contributed by atoms with Crippen molar-refractivity contribution in [3.8, 4) is 11.8 Å². The Morgan fingerprint density at radius 1 is 1.06 bits per heavy atom. The van der Waals surface area contributed by atoms with Crippen molar-refractivity contribution in [3.63, 3.8) is 0 Å². The van der Waals surface area contributed by atoms with Gasteiger partial charge in [-0.25, -0.2) is 4.39 Å². The number of benzene rings is 1. The average molecular weight is 445 g/mol. The van der Waals surface area contributed by atoms with Crippen LogP contribution < -0.4 is 15.4 Å². The number of aromatic nitrogens is 3. The molecule has 3 N–H and O–H groups in total. The number of likely N-dealkylation sites (N-methyl/N-ethyl adjacent to an activating group) is 1. The summed E-state index contributed by atoms with van der Waals surface area (Å²) in [5.41, 5.74) is 0.436. The normalized spacial score (nSPS) is 20.1. The Morgan fingerprint density at radius 3 is 2.59 bits per heavy atom. The maximum Gasteiger partial charge on any atom is 0.323 e. The SMILES string of the molecule is CCN1CCCC1CNc1nc(Nc2ccc(O)c(F)c2)nc(OC2CCCCCC2)n1. The van der Waals surface area contributed by atoms with Crippen LogP contribution in [0.15, 0.2) is 18.2 Å². The number of hydrogen-bond donors (Lipinski definition) is 3. The number of hydrogen-bond acceptors (Lipinski definition) is 8. The number of halogens is 1. The van der Waals surface area contributed by atoms with Crippen molar-refractivity contribution in [3.05, 3.63) is 24.0 Å². The van der Waals surface area contributed by atoms with Gasteiger partial charge in [-0.1, -0.05) is 19.8 Å². The van der Waals surface area contributed by atoms with Gasteiger partial charge in [0, 0.05) is 24.3 Å². The van der Waals surface area contributed by atoms with E-state index in [9.17, 15) is 9.50 Å². The maximum absolute atomic E-state index is 13.8. The van der Waals surface area contributed by atoms with Gasteiger partial charge in [0.05, 0.1) is 0 Å². The van der Waals surface area contributed by atoms with Gasteiger partial charge in [0.15, 0.2) is 11.6 Å². The van der Waals surface area contributed by atoms with E-state index in [2.05, 4.69) is 37.4 Å². The number of nitrogens with zero attached hydrogens (tertiary/aromatic N) is 4. The lowest BCUT2D eigenvalue weighted by molar-refractivity contribution is 0.168. The molecular formula is C23H33FN6O2. The predicted molar refractivity (Wildman–Crippen MR) is 122 cm³/mol. The molecule has 9 heteroatoms. The maximum atomic E-state index is 13.8. The van der Waals surface area contributed by atoms with E-state index in [0.717, 1.165) is 51.7 Å². The first kappa shape index (κ1) is 22.5. The van der Waals surface area contributed by atoms with Crippen LogP contribution in [0.25, 0.3) is 0 Å². The van der Waals surface area contributed by atoms with Gasteiger partial charge < -0.3 is 20.5 Å². The lowest BCUT2D eigenvalue weighted by Gasteiger charge is -2.23. The third-order valence-corrected chi connectivity index (χ3v) is 6.29. The molecule has 1 aromatic heterocycles. The number of phenolic OH excluding ortho intramolecular Hbond substituents is 1. The molecule has 8 nitrogen and oxygen atoms in total. The van der Waals surface area contributed by atoms with Crippen LogP contribution in [-0.4, -0.2) is 56.7 Å². The van der Waals surface area contributed by atoms with Crippen LogP contribution in [0.1, 0.15) is 58.3 Å². The summed E-state index contributed by atoms with van der Waals surface area (Å²) in [6, 6.07) is 4.79. The van der Waals surface area contributed by atoms with E-state index < -0.39 is 11.6 Å². The minimum absolute atomic E-state index is 0.0946. The minimum atomic E-state index is -0.710. The molecule has 2 aromatic rings. The Balaban J connectivity index is 1.51. The highest BCUT2D eigenvalue weighted by molar-refractivity contribution is 5.56. The first-order chi connectivity index (χ1) is 15.6. The summed E-state index contributed by atoms with van der Waals surface area (Å²) in [6.07, 6.45) is 9.19. The third kappa shape index (κ3) is 5.97. The average Bonchev–Trinajstić information content (AvgIpc) is 3.09. The van der Waals surface area contributed by atoms with Crippen molar-refractivity contribution < 1.29 is 14.2 Å². The van der Waals surface area contributed by atoms with Gasteiger partial charge in [0.25, 0.3) is 0 Å². The Morgan fingerprint density at radius 2 is 1.84 bits per heavy atom. The molecule has 1 saturated heterocycles. The fourth-order valence-electron chi connectivity index (χ4n) is 4.52. The first-order valence-corrected chi connectivity index (χ1v) is 11.8. The Hall–Kier alpha value is -2.68. The molecule has 1 saturated carbocycles. The van der Waals surface area contributed by atoms with Gasteiger partial charge in [-0.2, -0.15) is 15.0 Å². The Labute approximate surface area is 188 Å². The second kappa shape index (κ2) is 10.8. The lowest BCUT2D eigenvalue weighted by atomic mass is 10.2. The molecule has 0 radical (unpaired) electrons. The number of nitrogens with one attached hydrogen (secondary N) is 2. The summed E-state index contributed by atoms with van der Waals surface area (Å²) in [7, 11) is 0. The summed E-state index contributed by atoms with van der Waals surface area (Å²) in [4.78, 5) is 15.9. The summed E-state index contributed by atoms with van der Waals surface area (Å²) < 4.78 is 19.9. The van der Waals surface area contributed by atoms with Crippen LogP contribution in [0.4, 0.5) is 22.0 Å². The molecule has 0 spiro atoms. The monoisotopic (exact) mass is 444 g/mol. The van der Waals surface area contributed by atoms with E-state index in [0.29, 0.717) is 17.7 Å². The number of phenols is 1. The third-order valence-electron chi connectivity index (χ3n) is 6.29. The van der Waals surface area contributed by atoms with Crippen molar-refractivity contribution in [1.29, 1.82) is 0 Å². The Bertz CT molecular complexity index is 891. The standard InChI is InChI=1S/C23H33FN6O2/c1-2-30-13-7-8-17(30)15-25-21-27-22(26-16-11-12-20(31)19(24)14-16)29-23(28-21)32-18-9-5-3-4-6-10-18/h11-12,14,17-18,31H,2-10,13,15H2,1H3,(H2,25,26,27,28,29). The molecule has 2 aliphatic rings. The zero-order chi connectivity index (χ0) is 22.3. The smallest absolute Gasteiger partial charge is 0.323 e. The van der Waals surface area contributed by atoms with E-state index in [1.807, 2.05) is 0 Å². The number of aromatic hydroxyl groups is 1. The van der Waals surface area contributed by atoms with Gasteiger partial charge in [-0.3, -0.25) is 4.90 Å². The van der Waals surface area contributed by atoms with Gasteiger partial charge >= 0.3 is 6.01 Å². The van der Waals surface area contributed by atoms with E-state index in [4.69, 9.17) is 4.74 Å².